The van der Waals surface area contributed by atoms with Crippen molar-refractivity contribution in [2.45, 2.75) is 46.3 Å². The standard InChI is InChI=1S/C17H20O5/c1-8-12-7-17(4)9(2)15(19)14(21-10(3)18)6-11(17)5-13(12)22-16(8)20/h5-6,9,14-15,19H,7H2,1-4H3/t9-,14-,15+,17+/m1/s1. The summed E-state index contributed by atoms with van der Waals surface area (Å²) in [6.45, 7) is 7.10. The monoisotopic (exact) mass is 304 g/mol. The van der Waals surface area contributed by atoms with Crippen LogP contribution in [0.4, 0.5) is 0 Å². The molecule has 0 amide bonds. The largest absolute Gasteiger partial charge is 0.456 e. The first kappa shape index (κ1) is 15.0. The maximum atomic E-state index is 11.7. The SMILES string of the molecule is CC(=O)O[C@@H]1C=C2C=C3OC(=O)C(C)=C3C[C@@]2(C)[C@H](C)[C@@H]1O. The molecule has 4 atom stereocenters. The van der Waals surface area contributed by atoms with E-state index < -0.39 is 18.2 Å². The van der Waals surface area contributed by atoms with E-state index in [0.717, 1.165) is 11.1 Å². The molecule has 0 radical (unpaired) electrons. The summed E-state index contributed by atoms with van der Waals surface area (Å²) in [7, 11) is 0. The van der Waals surface area contributed by atoms with Gasteiger partial charge in [0.1, 0.15) is 11.9 Å². The molecule has 22 heavy (non-hydrogen) atoms. The molecule has 2 aliphatic carbocycles. The molecule has 0 aromatic rings. The lowest BCUT2D eigenvalue weighted by molar-refractivity contribution is -0.153. The maximum absolute atomic E-state index is 11.7. The van der Waals surface area contributed by atoms with Gasteiger partial charge in [0, 0.05) is 23.5 Å². The van der Waals surface area contributed by atoms with Crippen molar-refractivity contribution in [3.05, 3.63) is 34.6 Å². The number of esters is 2. The van der Waals surface area contributed by atoms with Crippen molar-refractivity contribution in [2.24, 2.45) is 11.3 Å². The Hall–Kier alpha value is -1.88. The van der Waals surface area contributed by atoms with E-state index in [1.165, 1.54) is 6.92 Å². The molecule has 0 fully saturated rings. The van der Waals surface area contributed by atoms with Crippen molar-refractivity contribution in [1.29, 1.82) is 0 Å². The molecule has 0 aromatic carbocycles. The zero-order valence-corrected chi connectivity index (χ0v) is 13.2. The number of rotatable bonds is 1. The number of aliphatic hydroxyl groups is 1. The second-order valence-corrected chi connectivity index (χ2v) is 6.57. The van der Waals surface area contributed by atoms with Crippen molar-refractivity contribution in [3.8, 4) is 0 Å². The second-order valence-electron chi connectivity index (χ2n) is 6.57. The third-order valence-electron chi connectivity index (χ3n) is 5.25. The van der Waals surface area contributed by atoms with Crippen LogP contribution in [-0.4, -0.2) is 29.3 Å². The minimum absolute atomic E-state index is 0.120. The topological polar surface area (TPSA) is 72.8 Å². The zero-order chi connectivity index (χ0) is 16.2. The second kappa shape index (κ2) is 4.81. The summed E-state index contributed by atoms with van der Waals surface area (Å²) >= 11 is 0. The molecule has 1 N–H and O–H groups in total. The van der Waals surface area contributed by atoms with Crippen LogP contribution in [0.25, 0.3) is 0 Å². The van der Waals surface area contributed by atoms with Gasteiger partial charge in [-0.05, 0) is 37.0 Å². The van der Waals surface area contributed by atoms with Gasteiger partial charge in [-0.15, -0.1) is 0 Å². The first-order valence-corrected chi connectivity index (χ1v) is 7.45. The summed E-state index contributed by atoms with van der Waals surface area (Å²) < 4.78 is 10.5. The molecule has 5 heteroatoms. The lowest BCUT2D eigenvalue weighted by Gasteiger charge is -2.47. The molecule has 0 unspecified atom stereocenters. The Bertz CT molecular complexity index is 654. The molecule has 118 valence electrons. The number of hydrogen-bond donors (Lipinski definition) is 1. The minimum atomic E-state index is -0.772. The number of ether oxygens (including phenoxy) is 2. The highest BCUT2D eigenvalue weighted by molar-refractivity contribution is 5.94. The quantitative estimate of drug-likeness (QED) is 0.750. The number of carbonyl (C=O) groups is 2. The van der Waals surface area contributed by atoms with Crippen LogP contribution in [-0.2, 0) is 19.1 Å². The van der Waals surface area contributed by atoms with Gasteiger partial charge < -0.3 is 14.6 Å². The summed E-state index contributed by atoms with van der Waals surface area (Å²) in [5.74, 6) is -0.278. The third kappa shape index (κ3) is 2.03. The van der Waals surface area contributed by atoms with E-state index in [-0.39, 0.29) is 17.3 Å². The van der Waals surface area contributed by atoms with Crippen molar-refractivity contribution in [3.63, 3.8) is 0 Å². The summed E-state index contributed by atoms with van der Waals surface area (Å²) in [4.78, 5) is 23.0. The fraction of sp³-hybridized carbons (Fsp3) is 0.529. The van der Waals surface area contributed by atoms with Crippen LogP contribution in [0.3, 0.4) is 0 Å². The van der Waals surface area contributed by atoms with Crippen molar-refractivity contribution < 1.29 is 24.2 Å². The predicted octanol–water partition coefficient (Wildman–Crippen LogP) is 2.02. The highest BCUT2D eigenvalue weighted by Crippen LogP contribution is 2.53. The van der Waals surface area contributed by atoms with Gasteiger partial charge in [0.05, 0.1) is 6.10 Å². The molecule has 3 rings (SSSR count). The van der Waals surface area contributed by atoms with E-state index in [0.29, 0.717) is 17.8 Å². The molecular weight excluding hydrogens is 284 g/mol. The molecule has 0 saturated heterocycles. The van der Waals surface area contributed by atoms with Gasteiger partial charge in [-0.1, -0.05) is 13.8 Å². The van der Waals surface area contributed by atoms with Crippen molar-refractivity contribution in [2.75, 3.05) is 0 Å². The molecular formula is C17H20O5. The van der Waals surface area contributed by atoms with E-state index >= 15 is 0 Å². The van der Waals surface area contributed by atoms with Crippen molar-refractivity contribution >= 4 is 11.9 Å². The Morgan fingerprint density at radius 2 is 2.18 bits per heavy atom. The highest BCUT2D eigenvalue weighted by Gasteiger charge is 2.49. The molecule has 5 nitrogen and oxygen atoms in total. The molecule has 0 aromatic heterocycles. The molecule has 1 aliphatic heterocycles. The van der Waals surface area contributed by atoms with E-state index in [9.17, 15) is 14.7 Å². The molecule has 0 saturated carbocycles. The van der Waals surface area contributed by atoms with Gasteiger partial charge >= 0.3 is 11.9 Å². The van der Waals surface area contributed by atoms with E-state index in [4.69, 9.17) is 9.47 Å². The van der Waals surface area contributed by atoms with Crippen LogP contribution in [0.1, 0.15) is 34.1 Å². The highest BCUT2D eigenvalue weighted by atomic mass is 16.6. The number of carbonyl (C=O) groups excluding carboxylic acids is 2. The van der Waals surface area contributed by atoms with Crippen LogP contribution >= 0.6 is 0 Å². The Balaban J connectivity index is 2.08. The number of fused-ring (bicyclic) bond motifs is 2. The number of allylic oxidation sites excluding steroid dienone is 3. The normalized spacial score (nSPS) is 37.0. The average molecular weight is 304 g/mol. The zero-order valence-electron chi connectivity index (χ0n) is 13.2. The fourth-order valence-electron chi connectivity index (χ4n) is 3.55. The Kier molecular flexibility index (Phi) is 3.29. The van der Waals surface area contributed by atoms with Crippen LogP contribution < -0.4 is 0 Å². The summed E-state index contributed by atoms with van der Waals surface area (Å²) in [6, 6.07) is 0. The predicted molar refractivity (Wildman–Crippen MR) is 78.4 cm³/mol. The Morgan fingerprint density at radius 3 is 2.82 bits per heavy atom. The number of hydrogen-bond acceptors (Lipinski definition) is 5. The van der Waals surface area contributed by atoms with Gasteiger partial charge in [-0.25, -0.2) is 4.79 Å². The Morgan fingerprint density at radius 1 is 1.50 bits per heavy atom. The van der Waals surface area contributed by atoms with Crippen LogP contribution in [0, 0.1) is 11.3 Å². The van der Waals surface area contributed by atoms with Crippen LogP contribution in [0.15, 0.2) is 34.6 Å². The van der Waals surface area contributed by atoms with Gasteiger partial charge in [-0.3, -0.25) is 4.79 Å². The molecule has 1 heterocycles. The minimum Gasteiger partial charge on any atom is -0.456 e. The van der Waals surface area contributed by atoms with Crippen LogP contribution in [0.2, 0.25) is 0 Å². The number of aliphatic hydroxyl groups excluding tert-OH is 1. The van der Waals surface area contributed by atoms with Gasteiger partial charge in [0.15, 0.2) is 0 Å². The first-order chi connectivity index (χ1) is 10.2. The molecule has 3 aliphatic rings. The lowest BCUT2D eigenvalue weighted by atomic mass is 9.60. The summed E-state index contributed by atoms with van der Waals surface area (Å²) in [6.07, 6.45) is 2.80. The van der Waals surface area contributed by atoms with E-state index in [1.54, 1.807) is 13.0 Å². The van der Waals surface area contributed by atoms with E-state index in [1.807, 2.05) is 13.0 Å². The average Bonchev–Trinajstić information content (AvgIpc) is 2.70. The summed E-state index contributed by atoms with van der Waals surface area (Å²) in [5.41, 5.74) is 2.17. The van der Waals surface area contributed by atoms with Crippen LogP contribution in [0.5, 0.6) is 0 Å². The lowest BCUT2D eigenvalue weighted by Crippen LogP contribution is -2.48. The third-order valence-corrected chi connectivity index (χ3v) is 5.25. The van der Waals surface area contributed by atoms with Gasteiger partial charge in [0.25, 0.3) is 0 Å². The molecule has 0 bridgehead atoms. The van der Waals surface area contributed by atoms with Gasteiger partial charge in [-0.2, -0.15) is 0 Å². The molecule has 0 spiro atoms. The summed E-state index contributed by atoms with van der Waals surface area (Å²) in [5, 5.41) is 10.5. The Labute approximate surface area is 129 Å². The van der Waals surface area contributed by atoms with Gasteiger partial charge in [0.2, 0.25) is 0 Å². The smallest absolute Gasteiger partial charge is 0.339 e. The maximum Gasteiger partial charge on any atom is 0.339 e. The first-order valence-electron chi connectivity index (χ1n) is 7.45. The van der Waals surface area contributed by atoms with E-state index in [2.05, 4.69) is 6.92 Å². The fourth-order valence-corrected chi connectivity index (χ4v) is 3.55. The van der Waals surface area contributed by atoms with Crippen molar-refractivity contribution in [1.82, 2.24) is 0 Å².